The summed E-state index contributed by atoms with van der Waals surface area (Å²) in [5.41, 5.74) is 1.70. The van der Waals surface area contributed by atoms with E-state index in [1.807, 2.05) is 13.0 Å². The van der Waals surface area contributed by atoms with Gasteiger partial charge in [0.2, 0.25) is 5.88 Å². The molecule has 0 aliphatic rings. The van der Waals surface area contributed by atoms with E-state index in [4.69, 9.17) is 27.9 Å². The minimum absolute atomic E-state index is 0.379. The Labute approximate surface area is 120 Å². The Morgan fingerprint density at radius 3 is 2.68 bits per heavy atom. The lowest BCUT2D eigenvalue weighted by Crippen LogP contribution is -2.09. The van der Waals surface area contributed by atoms with Gasteiger partial charge in [0, 0.05) is 13.0 Å². The first-order valence-corrected chi connectivity index (χ1v) is 6.38. The molecule has 0 N–H and O–H groups in total. The number of carbonyl (C=O) groups is 1. The van der Waals surface area contributed by atoms with E-state index in [2.05, 4.69) is 5.10 Å². The number of halogens is 2. The van der Waals surface area contributed by atoms with Crippen molar-refractivity contribution in [2.24, 2.45) is 0 Å². The van der Waals surface area contributed by atoms with Gasteiger partial charge in [-0.15, -0.1) is 0 Å². The normalized spacial score (nSPS) is 10.5. The highest BCUT2D eigenvalue weighted by Gasteiger charge is 2.10. The van der Waals surface area contributed by atoms with Crippen LogP contribution in [0.25, 0.3) is 0 Å². The Balaban J connectivity index is 2.27. The van der Waals surface area contributed by atoms with Gasteiger partial charge in [-0.05, 0) is 24.6 Å². The van der Waals surface area contributed by atoms with E-state index in [-0.39, 0.29) is 5.97 Å². The highest BCUT2D eigenvalue weighted by Crippen LogP contribution is 2.24. The topological polar surface area (TPSA) is 44.1 Å². The van der Waals surface area contributed by atoms with Gasteiger partial charge in [-0.2, -0.15) is 5.10 Å². The number of hydrogen-bond acceptors (Lipinski definition) is 3. The van der Waals surface area contributed by atoms with Crippen molar-refractivity contribution in [2.45, 2.75) is 20.4 Å². The van der Waals surface area contributed by atoms with Crippen LogP contribution in [0.15, 0.2) is 24.3 Å². The molecule has 0 radical (unpaired) electrons. The van der Waals surface area contributed by atoms with Crippen LogP contribution in [-0.4, -0.2) is 15.7 Å². The third-order valence-corrected chi connectivity index (χ3v) is 3.17. The zero-order valence-electron chi connectivity index (χ0n) is 10.5. The molecular formula is C13H12Cl2N2O2. The molecule has 4 nitrogen and oxygen atoms in total. The summed E-state index contributed by atoms with van der Waals surface area (Å²) in [6.07, 6.45) is 0. The minimum atomic E-state index is -0.379. The second-order valence-electron chi connectivity index (χ2n) is 4.12. The molecule has 0 aliphatic carbocycles. The van der Waals surface area contributed by atoms with E-state index < -0.39 is 0 Å². The Morgan fingerprint density at radius 1 is 1.32 bits per heavy atom. The van der Waals surface area contributed by atoms with Crippen molar-refractivity contribution in [3.8, 4) is 5.88 Å². The molecule has 100 valence electrons. The highest BCUT2D eigenvalue weighted by molar-refractivity contribution is 6.42. The number of esters is 1. The van der Waals surface area contributed by atoms with Gasteiger partial charge in [-0.1, -0.05) is 29.3 Å². The van der Waals surface area contributed by atoms with Crippen molar-refractivity contribution in [3.05, 3.63) is 45.6 Å². The van der Waals surface area contributed by atoms with Gasteiger partial charge in [-0.3, -0.25) is 4.79 Å². The first-order chi connectivity index (χ1) is 8.95. The van der Waals surface area contributed by atoms with E-state index in [0.29, 0.717) is 22.5 Å². The molecule has 19 heavy (non-hydrogen) atoms. The van der Waals surface area contributed by atoms with Crippen LogP contribution in [0.1, 0.15) is 18.2 Å². The van der Waals surface area contributed by atoms with Gasteiger partial charge >= 0.3 is 5.97 Å². The van der Waals surface area contributed by atoms with Crippen molar-refractivity contribution < 1.29 is 9.53 Å². The number of nitrogens with zero attached hydrogens (tertiary/aromatic N) is 2. The molecule has 0 aliphatic heterocycles. The van der Waals surface area contributed by atoms with E-state index in [0.717, 1.165) is 11.3 Å². The molecule has 0 amide bonds. The molecule has 2 aromatic rings. The number of rotatable bonds is 3. The van der Waals surface area contributed by atoms with Crippen LogP contribution in [0, 0.1) is 6.92 Å². The molecule has 0 unspecified atom stereocenters. The largest absolute Gasteiger partial charge is 0.408 e. The van der Waals surface area contributed by atoms with Crippen LogP contribution < -0.4 is 4.74 Å². The average Bonchev–Trinajstić information content (AvgIpc) is 2.63. The van der Waals surface area contributed by atoms with Crippen LogP contribution in [0.3, 0.4) is 0 Å². The highest BCUT2D eigenvalue weighted by atomic mass is 35.5. The zero-order valence-corrected chi connectivity index (χ0v) is 12.0. The number of benzene rings is 1. The van der Waals surface area contributed by atoms with Gasteiger partial charge < -0.3 is 4.74 Å². The Bertz CT molecular complexity index is 623. The van der Waals surface area contributed by atoms with Gasteiger partial charge in [0.25, 0.3) is 0 Å². The summed E-state index contributed by atoms with van der Waals surface area (Å²) in [6.45, 7) is 3.64. The Morgan fingerprint density at radius 2 is 2.05 bits per heavy atom. The van der Waals surface area contributed by atoms with E-state index in [9.17, 15) is 4.79 Å². The molecule has 0 saturated carbocycles. The maximum Gasteiger partial charge on any atom is 0.309 e. The Hall–Kier alpha value is -1.52. The molecule has 0 atom stereocenters. The molecule has 0 saturated heterocycles. The Kier molecular flexibility index (Phi) is 4.12. The lowest BCUT2D eigenvalue weighted by atomic mass is 10.2. The summed E-state index contributed by atoms with van der Waals surface area (Å²) >= 11 is 11.8. The molecular weight excluding hydrogens is 287 g/mol. The number of ether oxygens (including phenoxy) is 1. The van der Waals surface area contributed by atoms with Crippen LogP contribution in [0.2, 0.25) is 10.0 Å². The smallest absolute Gasteiger partial charge is 0.309 e. The standard InChI is InChI=1S/C13H12Cl2N2O2/c1-8-5-13(19-9(2)18)17(16-8)7-10-3-4-11(14)12(15)6-10/h3-6H,7H2,1-2H3. The molecule has 2 rings (SSSR count). The number of hydrogen-bond donors (Lipinski definition) is 0. The average molecular weight is 299 g/mol. The van der Waals surface area contributed by atoms with Gasteiger partial charge in [0.15, 0.2) is 0 Å². The first kappa shape index (κ1) is 13.9. The molecule has 0 bridgehead atoms. The third kappa shape index (κ3) is 3.49. The van der Waals surface area contributed by atoms with Crippen molar-refractivity contribution in [1.29, 1.82) is 0 Å². The molecule has 1 aromatic carbocycles. The van der Waals surface area contributed by atoms with E-state index >= 15 is 0 Å². The monoisotopic (exact) mass is 298 g/mol. The summed E-state index contributed by atoms with van der Waals surface area (Å²) < 4.78 is 6.70. The van der Waals surface area contributed by atoms with Crippen LogP contribution in [0.4, 0.5) is 0 Å². The summed E-state index contributed by atoms with van der Waals surface area (Å²) in [6, 6.07) is 7.04. The van der Waals surface area contributed by atoms with Gasteiger partial charge in [0.1, 0.15) is 0 Å². The maximum absolute atomic E-state index is 11.0. The molecule has 6 heteroatoms. The molecule has 1 heterocycles. The van der Waals surface area contributed by atoms with E-state index in [1.54, 1.807) is 22.9 Å². The molecule has 1 aromatic heterocycles. The zero-order chi connectivity index (χ0) is 14.0. The number of carbonyl (C=O) groups excluding carboxylic acids is 1. The fourth-order valence-electron chi connectivity index (χ4n) is 1.68. The predicted molar refractivity (Wildman–Crippen MR) is 73.8 cm³/mol. The number of aryl methyl sites for hydroxylation is 1. The summed E-state index contributed by atoms with van der Waals surface area (Å²) in [7, 11) is 0. The fraction of sp³-hybridized carbons (Fsp3) is 0.231. The molecule has 0 spiro atoms. The SMILES string of the molecule is CC(=O)Oc1cc(C)nn1Cc1ccc(Cl)c(Cl)c1. The quantitative estimate of drug-likeness (QED) is 0.815. The first-order valence-electron chi connectivity index (χ1n) is 5.62. The van der Waals surface area contributed by atoms with Gasteiger partial charge in [-0.25, -0.2) is 4.68 Å². The third-order valence-electron chi connectivity index (χ3n) is 2.43. The predicted octanol–water partition coefficient (Wildman–Crippen LogP) is 3.47. The van der Waals surface area contributed by atoms with Crippen molar-refractivity contribution in [2.75, 3.05) is 0 Å². The van der Waals surface area contributed by atoms with Crippen molar-refractivity contribution in [3.63, 3.8) is 0 Å². The van der Waals surface area contributed by atoms with Crippen LogP contribution in [-0.2, 0) is 11.3 Å². The summed E-state index contributed by atoms with van der Waals surface area (Å²) in [5.74, 6) is 0.0337. The second kappa shape index (κ2) is 5.63. The maximum atomic E-state index is 11.0. The second-order valence-corrected chi connectivity index (χ2v) is 4.94. The summed E-state index contributed by atoms with van der Waals surface area (Å²) in [5, 5.41) is 5.26. The lowest BCUT2D eigenvalue weighted by Gasteiger charge is -2.07. The van der Waals surface area contributed by atoms with Crippen molar-refractivity contribution >= 4 is 29.2 Å². The van der Waals surface area contributed by atoms with Gasteiger partial charge in [0.05, 0.1) is 22.3 Å². The van der Waals surface area contributed by atoms with Crippen LogP contribution >= 0.6 is 23.2 Å². The number of aromatic nitrogens is 2. The fourth-order valence-corrected chi connectivity index (χ4v) is 2.00. The lowest BCUT2D eigenvalue weighted by molar-refractivity contribution is -0.132. The van der Waals surface area contributed by atoms with Crippen molar-refractivity contribution in [1.82, 2.24) is 9.78 Å². The minimum Gasteiger partial charge on any atom is -0.408 e. The van der Waals surface area contributed by atoms with Crippen LogP contribution in [0.5, 0.6) is 5.88 Å². The summed E-state index contributed by atoms with van der Waals surface area (Å²) in [4.78, 5) is 11.0. The molecule has 0 fully saturated rings. The van der Waals surface area contributed by atoms with E-state index in [1.165, 1.54) is 6.92 Å².